The van der Waals surface area contributed by atoms with Crippen molar-refractivity contribution in [2.24, 2.45) is 0 Å². The smallest absolute Gasteiger partial charge is 0.243 e. The second kappa shape index (κ2) is 10.2. The van der Waals surface area contributed by atoms with Crippen LogP contribution < -0.4 is 10.1 Å². The molecule has 0 atom stereocenters. The normalized spacial score (nSPS) is 14.7. The zero-order chi connectivity index (χ0) is 23.3. The molecule has 1 N–H and O–H groups in total. The number of carbonyl (C=O) groups is 1. The highest BCUT2D eigenvalue weighted by molar-refractivity contribution is 7.89. The van der Waals surface area contributed by atoms with Gasteiger partial charge in [-0.1, -0.05) is 24.6 Å². The summed E-state index contributed by atoms with van der Waals surface area (Å²) >= 11 is 0. The minimum Gasteiger partial charge on any atom is -0.492 e. The number of rotatable bonds is 8. The zero-order valence-corrected chi connectivity index (χ0v) is 19.4. The van der Waals surface area contributed by atoms with Gasteiger partial charge >= 0.3 is 0 Å². The highest BCUT2D eigenvalue weighted by Crippen LogP contribution is 2.30. The van der Waals surface area contributed by atoms with Crippen LogP contribution in [-0.2, 0) is 21.2 Å². The summed E-state index contributed by atoms with van der Waals surface area (Å²) in [5.74, 6) is 0.152. The molecule has 1 saturated heterocycles. The van der Waals surface area contributed by atoms with E-state index in [-0.39, 0.29) is 17.2 Å². The third-order valence-electron chi connectivity index (χ3n) is 5.50. The van der Waals surface area contributed by atoms with Crippen LogP contribution in [0.3, 0.4) is 0 Å². The highest BCUT2D eigenvalue weighted by Gasteiger charge is 2.27. The zero-order valence-electron chi connectivity index (χ0n) is 18.6. The molecule has 0 spiro atoms. The monoisotopic (exact) mass is 468 g/mol. The molecule has 1 aliphatic rings. The lowest BCUT2D eigenvalue weighted by atomic mass is 10.2. The fraction of sp³-hybridized carbons (Fsp3) is 0.333. The van der Waals surface area contributed by atoms with Crippen LogP contribution in [0, 0.1) is 0 Å². The number of hydrogen-bond donors (Lipinski definition) is 1. The largest absolute Gasteiger partial charge is 0.492 e. The maximum atomic E-state index is 13.1. The van der Waals surface area contributed by atoms with E-state index in [0.717, 1.165) is 30.5 Å². The summed E-state index contributed by atoms with van der Waals surface area (Å²) in [5, 5.41) is 7.14. The summed E-state index contributed by atoms with van der Waals surface area (Å²) in [5.41, 5.74) is 1.99. The van der Waals surface area contributed by atoms with E-state index in [0.29, 0.717) is 31.1 Å². The number of para-hydroxylation sites is 1. The number of piperidine rings is 1. The van der Waals surface area contributed by atoms with Gasteiger partial charge in [-0.15, -0.1) is 0 Å². The number of ether oxygens (including phenoxy) is 1. The van der Waals surface area contributed by atoms with Crippen molar-refractivity contribution in [2.45, 2.75) is 37.5 Å². The van der Waals surface area contributed by atoms with Gasteiger partial charge in [-0.25, -0.2) is 13.1 Å². The topological polar surface area (TPSA) is 93.5 Å². The first-order valence-electron chi connectivity index (χ1n) is 11.1. The van der Waals surface area contributed by atoms with E-state index in [1.54, 1.807) is 23.1 Å². The summed E-state index contributed by atoms with van der Waals surface area (Å²) in [6, 6.07) is 14.3. The summed E-state index contributed by atoms with van der Waals surface area (Å²) in [6.07, 6.45) is 6.30. The van der Waals surface area contributed by atoms with Crippen LogP contribution in [0.15, 0.2) is 65.8 Å². The summed E-state index contributed by atoms with van der Waals surface area (Å²) in [7, 11) is -3.63. The van der Waals surface area contributed by atoms with Gasteiger partial charge in [0.15, 0.2) is 0 Å². The van der Waals surface area contributed by atoms with E-state index in [1.807, 2.05) is 37.3 Å². The van der Waals surface area contributed by atoms with Gasteiger partial charge in [0.1, 0.15) is 5.75 Å². The number of carbonyl (C=O) groups excluding carboxylic acids is 1. The van der Waals surface area contributed by atoms with Crippen molar-refractivity contribution in [3.05, 3.63) is 66.5 Å². The summed E-state index contributed by atoms with van der Waals surface area (Å²) in [6.45, 7) is 3.26. The Bertz CT molecular complexity index is 1200. The van der Waals surface area contributed by atoms with Gasteiger partial charge in [-0.3, -0.25) is 4.79 Å². The first-order chi connectivity index (χ1) is 16.0. The maximum absolute atomic E-state index is 13.1. The molecule has 0 aliphatic carbocycles. The van der Waals surface area contributed by atoms with Crippen LogP contribution in [-0.4, -0.2) is 48.1 Å². The molecule has 3 aromatic rings. The molecule has 1 fully saturated rings. The third kappa shape index (κ3) is 5.43. The Morgan fingerprint density at radius 2 is 1.85 bits per heavy atom. The number of aromatic nitrogens is 2. The molecule has 33 heavy (non-hydrogen) atoms. The van der Waals surface area contributed by atoms with Gasteiger partial charge in [0, 0.05) is 19.3 Å². The van der Waals surface area contributed by atoms with Crippen LogP contribution in [0.4, 0.5) is 5.69 Å². The molecule has 2 heterocycles. The number of hydrogen-bond acceptors (Lipinski definition) is 5. The Morgan fingerprint density at radius 3 is 2.58 bits per heavy atom. The fourth-order valence-corrected chi connectivity index (χ4v) is 5.40. The number of benzene rings is 2. The Balaban J connectivity index is 1.52. The molecular weight excluding hydrogens is 440 g/mol. The van der Waals surface area contributed by atoms with Crippen molar-refractivity contribution in [1.82, 2.24) is 14.1 Å². The average Bonchev–Trinajstić information content (AvgIpc) is 3.29. The van der Waals surface area contributed by atoms with Crippen molar-refractivity contribution >= 4 is 21.6 Å². The van der Waals surface area contributed by atoms with Crippen molar-refractivity contribution in [2.75, 3.05) is 25.0 Å². The van der Waals surface area contributed by atoms with E-state index in [2.05, 4.69) is 10.4 Å². The first-order valence-corrected chi connectivity index (χ1v) is 12.6. The number of anilines is 1. The van der Waals surface area contributed by atoms with E-state index < -0.39 is 10.0 Å². The Morgan fingerprint density at radius 1 is 1.09 bits per heavy atom. The van der Waals surface area contributed by atoms with Crippen molar-refractivity contribution < 1.29 is 17.9 Å². The molecule has 1 aliphatic heterocycles. The maximum Gasteiger partial charge on any atom is 0.243 e. The van der Waals surface area contributed by atoms with E-state index in [9.17, 15) is 13.2 Å². The Hall–Kier alpha value is -3.17. The van der Waals surface area contributed by atoms with Crippen LogP contribution in [0.5, 0.6) is 5.75 Å². The van der Waals surface area contributed by atoms with Gasteiger partial charge in [0.25, 0.3) is 0 Å². The van der Waals surface area contributed by atoms with Crippen molar-refractivity contribution in [3.8, 4) is 11.4 Å². The van der Waals surface area contributed by atoms with Gasteiger partial charge in [-0.05, 0) is 55.7 Å². The number of nitrogens with one attached hydrogen (secondary N) is 1. The number of amides is 1. The van der Waals surface area contributed by atoms with Crippen LogP contribution in [0.1, 0.15) is 31.7 Å². The number of sulfonamides is 1. The van der Waals surface area contributed by atoms with Crippen molar-refractivity contribution in [1.29, 1.82) is 0 Å². The third-order valence-corrected chi connectivity index (χ3v) is 7.39. The quantitative estimate of drug-likeness (QED) is 0.545. The molecule has 174 valence electrons. The highest BCUT2D eigenvalue weighted by atomic mass is 32.2. The number of nitrogens with zero attached hydrogens (tertiary/aromatic N) is 3. The average molecular weight is 469 g/mol. The van der Waals surface area contributed by atoms with Crippen LogP contribution in [0.2, 0.25) is 0 Å². The molecule has 9 heteroatoms. The molecule has 0 saturated carbocycles. The second-order valence-corrected chi connectivity index (χ2v) is 9.85. The molecule has 0 bridgehead atoms. The van der Waals surface area contributed by atoms with Gasteiger partial charge in [0.2, 0.25) is 15.9 Å². The van der Waals surface area contributed by atoms with E-state index >= 15 is 0 Å². The Labute approximate surface area is 194 Å². The van der Waals surface area contributed by atoms with E-state index in [1.165, 1.54) is 16.4 Å². The summed E-state index contributed by atoms with van der Waals surface area (Å²) < 4.78 is 35.0. The van der Waals surface area contributed by atoms with Gasteiger partial charge in [0.05, 0.1) is 35.5 Å². The van der Waals surface area contributed by atoms with Crippen LogP contribution in [0.25, 0.3) is 5.69 Å². The fourth-order valence-electron chi connectivity index (χ4n) is 3.86. The minimum absolute atomic E-state index is 0.0987. The molecule has 0 unspecified atom stereocenters. The second-order valence-electron chi connectivity index (χ2n) is 7.91. The summed E-state index contributed by atoms with van der Waals surface area (Å²) in [4.78, 5) is 12.9. The lowest BCUT2D eigenvalue weighted by molar-refractivity contribution is -0.115. The van der Waals surface area contributed by atoms with Gasteiger partial charge in [-0.2, -0.15) is 9.40 Å². The minimum atomic E-state index is -3.63. The molecule has 8 nitrogen and oxygen atoms in total. The lowest BCUT2D eigenvalue weighted by Crippen LogP contribution is -2.35. The molecule has 1 amide bonds. The SMILES string of the molecule is CCOc1ccc(S(=O)(=O)N2CCCCC2)cc1NC(=O)Cc1cnn(-c2ccccc2)c1. The molecule has 0 radical (unpaired) electrons. The predicted molar refractivity (Wildman–Crippen MR) is 126 cm³/mol. The predicted octanol–water partition coefficient (Wildman–Crippen LogP) is 3.63. The molecule has 1 aromatic heterocycles. The van der Waals surface area contributed by atoms with E-state index in [4.69, 9.17) is 4.74 Å². The van der Waals surface area contributed by atoms with Crippen LogP contribution >= 0.6 is 0 Å². The molecule has 4 rings (SSSR count). The molecule has 2 aromatic carbocycles. The van der Waals surface area contributed by atoms with Crippen molar-refractivity contribution in [3.63, 3.8) is 0 Å². The lowest BCUT2D eigenvalue weighted by Gasteiger charge is -2.26. The first kappa shape index (κ1) is 23.0. The molecular formula is C24H28N4O4S. The Kier molecular flexibility index (Phi) is 7.10. The standard InChI is InChI=1S/C24H28N4O4S/c1-2-32-23-12-11-21(33(30,31)27-13-7-4-8-14-27)16-22(23)26-24(29)15-19-17-25-28(18-19)20-9-5-3-6-10-20/h3,5-6,9-12,16-18H,2,4,7-8,13-15H2,1H3,(H,26,29). The van der Waals surface area contributed by atoms with Gasteiger partial charge < -0.3 is 10.1 Å².